The number of fused-ring (bicyclic) bond motifs is 1. The minimum absolute atomic E-state index is 0.00848. The van der Waals surface area contributed by atoms with Crippen LogP contribution in [0.25, 0.3) is 0 Å². The van der Waals surface area contributed by atoms with Crippen LogP contribution in [-0.4, -0.2) is 60.3 Å². The Morgan fingerprint density at radius 1 is 1.25 bits per heavy atom. The van der Waals surface area contributed by atoms with E-state index in [1.807, 2.05) is 25.1 Å². The van der Waals surface area contributed by atoms with Crippen molar-refractivity contribution in [2.45, 2.75) is 26.3 Å². The summed E-state index contributed by atoms with van der Waals surface area (Å²) in [6.45, 7) is 10.6. The topological polar surface area (TPSA) is 112 Å². The van der Waals surface area contributed by atoms with Crippen LogP contribution in [0.2, 0.25) is 0 Å². The summed E-state index contributed by atoms with van der Waals surface area (Å²) >= 11 is 2.15. The molecule has 36 heavy (non-hydrogen) atoms. The van der Waals surface area contributed by atoms with E-state index in [1.54, 1.807) is 6.92 Å². The third-order valence-corrected chi connectivity index (χ3v) is 7.23. The maximum atomic E-state index is 13.2. The monoisotopic (exact) mass is 611 g/mol. The second-order valence-corrected chi connectivity index (χ2v) is 9.73. The summed E-state index contributed by atoms with van der Waals surface area (Å²) in [7, 11) is 0. The lowest BCUT2D eigenvalue weighted by Crippen LogP contribution is -2.63. The van der Waals surface area contributed by atoms with E-state index in [4.69, 9.17) is 19.2 Å². The quantitative estimate of drug-likeness (QED) is 0.0690. The number of aliphatic hydroxyl groups excluding tert-OH is 1. The minimum atomic E-state index is -0.784. The Balaban J connectivity index is 1.85. The van der Waals surface area contributed by atoms with E-state index < -0.39 is 29.8 Å². The number of ether oxygens (including phenoxy) is 2. The number of esters is 1. The highest BCUT2D eigenvalue weighted by atomic mass is 127. The molecule has 0 radical (unpaired) electrons. The molecule has 0 saturated carbocycles. The van der Waals surface area contributed by atoms with Gasteiger partial charge in [0.05, 0.1) is 21.4 Å². The van der Waals surface area contributed by atoms with Crippen LogP contribution >= 0.6 is 22.6 Å². The summed E-state index contributed by atoms with van der Waals surface area (Å²) in [6, 6.07) is 5.22. The number of carbonyl (C=O) groups excluding carboxylic acids is 3. The first-order valence-electron chi connectivity index (χ1n) is 11.6. The van der Waals surface area contributed by atoms with Gasteiger partial charge in [0, 0.05) is 18.1 Å². The van der Waals surface area contributed by atoms with E-state index in [1.165, 1.54) is 17.1 Å². The van der Waals surface area contributed by atoms with E-state index in [0.717, 1.165) is 9.13 Å². The molecule has 0 bridgehead atoms. The first kappa shape index (κ1) is 27.9. The summed E-state index contributed by atoms with van der Waals surface area (Å²) in [6.07, 6.45) is 3.37. The number of halogens is 1. The fourth-order valence-electron chi connectivity index (χ4n) is 4.51. The van der Waals surface area contributed by atoms with Gasteiger partial charge in [-0.3, -0.25) is 9.68 Å². The van der Waals surface area contributed by atoms with Crippen molar-refractivity contribution in [3.63, 3.8) is 0 Å². The van der Waals surface area contributed by atoms with Gasteiger partial charge < -0.3 is 19.5 Å². The second-order valence-electron chi connectivity index (χ2n) is 8.57. The summed E-state index contributed by atoms with van der Waals surface area (Å²) < 4.78 is 12.2. The fourth-order valence-corrected chi connectivity index (χ4v) is 5.00. The number of rotatable bonds is 13. The largest absolute Gasteiger partial charge is 0.488 e. The van der Waals surface area contributed by atoms with Crippen LogP contribution < -0.4 is 4.74 Å². The van der Waals surface area contributed by atoms with Crippen LogP contribution in [0.1, 0.15) is 19.4 Å². The van der Waals surface area contributed by atoms with Crippen LogP contribution in [0.3, 0.4) is 0 Å². The lowest BCUT2D eigenvalue weighted by Gasteiger charge is -2.47. The van der Waals surface area contributed by atoms with Crippen molar-refractivity contribution in [3.8, 4) is 5.75 Å². The molecule has 194 valence electrons. The Morgan fingerprint density at radius 2 is 1.97 bits per heavy atom. The van der Waals surface area contributed by atoms with E-state index in [-0.39, 0.29) is 43.9 Å². The molecule has 2 aliphatic heterocycles. The average molecular weight is 611 g/mol. The predicted molar refractivity (Wildman–Crippen MR) is 138 cm³/mol. The molecule has 1 fully saturated rings. The molecule has 0 aliphatic carbocycles. The normalized spacial score (nSPS) is 21.4. The summed E-state index contributed by atoms with van der Waals surface area (Å²) in [5, 5.41) is 9.25. The van der Waals surface area contributed by atoms with Gasteiger partial charge in [0.2, 0.25) is 5.91 Å². The number of benzene rings is 1. The van der Waals surface area contributed by atoms with Crippen molar-refractivity contribution in [3.05, 3.63) is 63.9 Å². The highest BCUT2D eigenvalue weighted by Gasteiger charge is 2.61. The highest BCUT2D eigenvalue weighted by molar-refractivity contribution is 14.1. The molecule has 0 spiro atoms. The van der Waals surface area contributed by atoms with Crippen LogP contribution in [0.5, 0.6) is 5.75 Å². The van der Waals surface area contributed by atoms with E-state index >= 15 is 0 Å². The first-order chi connectivity index (χ1) is 17.3. The molecule has 0 aromatic heterocycles. The van der Waals surface area contributed by atoms with E-state index in [9.17, 15) is 19.5 Å². The van der Waals surface area contributed by atoms with Crippen molar-refractivity contribution in [1.82, 2.24) is 4.90 Å². The standard InChI is InChI=1S/C26H30INO8/c1-5-11-33-26(32)23-18(14-34-20-13-17(9-10-29)7-8-19(20)27)15(3)22-21(24(30)28(22)23)16(4)25(31)36-35-12-6-2/h5-8,13,15-16,21-22,29H,1-2,9-12,14H2,3-4H3. The van der Waals surface area contributed by atoms with Crippen LogP contribution in [0.15, 0.2) is 54.8 Å². The number of carbonyl (C=O) groups is 3. The number of hydrogen-bond donors (Lipinski definition) is 1. The van der Waals surface area contributed by atoms with Crippen molar-refractivity contribution in [1.29, 1.82) is 0 Å². The van der Waals surface area contributed by atoms with Crippen LogP contribution in [-0.2, 0) is 35.3 Å². The number of amides is 1. The SMILES string of the molecule is C=CCOOC(=O)C(C)C1C(=O)N2C(C(=O)OCC=C)=C(COc3cc(CCO)ccc3I)C(C)C12. The molecule has 1 saturated heterocycles. The van der Waals surface area contributed by atoms with Gasteiger partial charge in [-0.05, 0) is 46.7 Å². The third kappa shape index (κ3) is 5.65. The zero-order valence-corrected chi connectivity index (χ0v) is 22.4. The van der Waals surface area contributed by atoms with E-state index in [2.05, 4.69) is 35.7 Å². The number of nitrogens with zero attached hydrogens (tertiary/aromatic N) is 1. The number of β-lactam (4-membered cyclic amide) rings is 1. The average Bonchev–Trinajstić information content (AvgIpc) is 3.11. The van der Waals surface area contributed by atoms with Gasteiger partial charge in [-0.15, -0.1) is 6.58 Å². The molecule has 1 amide bonds. The first-order valence-corrected chi connectivity index (χ1v) is 12.6. The Morgan fingerprint density at radius 3 is 2.64 bits per heavy atom. The highest BCUT2D eigenvalue weighted by Crippen LogP contribution is 2.49. The fraction of sp³-hybridized carbons (Fsp3) is 0.423. The Kier molecular flexibility index (Phi) is 9.69. The molecule has 1 aromatic rings. The zero-order valence-electron chi connectivity index (χ0n) is 20.3. The van der Waals surface area contributed by atoms with Gasteiger partial charge in [-0.25, -0.2) is 9.59 Å². The lowest BCUT2D eigenvalue weighted by molar-refractivity contribution is -0.271. The predicted octanol–water partition coefficient (Wildman–Crippen LogP) is 2.96. The van der Waals surface area contributed by atoms with Crippen molar-refractivity contribution < 1.29 is 38.7 Å². The molecule has 4 unspecified atom stereocenters. The maximum absolute atomic E-state index is 13.2. The van der Waals surface area contributed by atoms with Gasteiger partial charge in [-0.2, -0.15) is 4.89 Å². The summed E-state index contributed by atoms with van der Waals surface area (Å²) in [4.78, 5) is 49.6. The van der Waals surface area contributed by atoms with Gasteiger partial charge in [-0.1, -0.05) is 38.6 Å². The van der Waals surface area contributed by atoms with Gasteiger partial charge in [0.25, 0.3) is 0 Å². The van der Waals surface area contributed by atoms with Crippen molar-refractivity contribution >= 4 is 40.4 Å². The van der Waals surface area contributed by atoms with Gasteiger partial charge in [0.1, 0.15) is 31.3 Å². The van der Waals surface area contributed by atoms with Gasteiger partial charge in [0.15, 0.2) is 0 Å². The second kappa shape index (κ2) is 12.5. The van der Waals surface area contributed by atoms with Crippen LogP contribution in [0.4, 0.5) is 0 Å². The van der Waals surface area contributed by atoms with Gasteiger partial charge >= 0.3 is 11.9 Å². The minimum Gasteiger partial charge on any atom is -0.488 e. The molecule has 4 atom stereocenters. The molecule has 2 heterocycles. The summed E-state index contributed by atoms with van der Waals surface area (Å²) in [5.74, 6) is -2.82. The molecule has 1 aromatic carbocycles. The molecule has 9 nitrogen and oxygen atoms in total. The molecular formula is C26H30INO8. The van der Waals surface area contributed by atoms with Crippen molar-refractivity contribution in [2.75, 3.05) is 26.4 Å². The maximum Gasteiger partial charge on any atom is 0.355 e. The molecule has 3 rings (SSSR count). The van der Waals surface area contributed by atoms with E-state index in [0.29, 0.717) is 17.7 Å². The van der Waals surface area contributed by atoms with Crippen LogP contribution in [0, 0.1) is 21.3 Å². The molecular weight excluding hydrogens is 581 g/mol. The third-order valence-electron chi connectivity index (χ3n) is 6.34. The molecule has 2 aliphatic rings. The Bertz CT molecular complexity index is 1070. The Hall–Kier alpha value is -2.70. The summed E-state index contributed by atoms with van der Waals surface area (Å²) in [5.41, 5.74) is 1.66. The Labute approximate surface area is 223 Å². The molecule has 10 heteroatoms. The zero-order chi connectivity index (χ0) is 26.4. The smallest absolute Gasteiger partial charge is 0.355 e. The molecule has 1 N–H and O–H groups in total. The number of aliphatic hydroxyl groups is 1. The lowest BCUT2D eigenvalue weighted by atomic mass is 9.74. The van der Waals surface area contributed by atoms with Crippen molar-refractivity contribution in [2.24, 2.45) is 17.8 Å². The number of hydrogen-bond acceptors (Lipinski definition) is 8.